The summed E-state index contributed by atoms with van der Waals surface area (Å²) in [4.78, 5) is 21.5. The van der Waals surface area contributed by atoms with Crippen molar-refractivity contribution in [3.63, 3.8) is 0 Å². The van der Waals surface area contributed by atoms with Gasteiger partial charge < -0.3 is 10.1 Å². The molecule has 0 heterocycles. The number of amides is 1. The molecule has 0 saturated carbocycles. The van der Waals surface area contributed by atoms with Crippen LogP contribution in [0.2, 0.25) is 0 Å². The van der Waals surface area contributed by atoms with Gasteiger partial charge in [0, 0.05) is 6.42 Å². The molecule has 0 aromatic rings. The molecule has 70 valence electrons. The summed E-state index contributed by atoms with van der Waals surface area (Å²) in [5, 5.41) is 2.45. The fourth-order valence-electron chi connectivity index (χ4n) is 0.698. The summed E-state index contributed by atoms with van der Waals surface area (Å²) in [6, 6.07) is 0. The van der Waals surface area contributed by atoms with Crippen molar-refractivity contribution in [2.45, 2.75) is 26.7 Å². The second-order valence-electron chi connectivity index (χ2n) is 2.33. The summed E-state index contributed by atoms with van der Waals surface area (Å²) in [6.45, 7) is 3.96. The third kappa shape index (κ3) is 5.70. The minimum absolute atomic E-state index is 0.0212. The Labute approximate surface area is 72.3 Å². The van der Waals surface area contributed by atoms with E-state index in [2.05, 4.69) is 10.1 Å². The monoisotopic (exact) mass is 173 g/mol. The summed E-state index contributed by atoms with van der Waals surface area (Å²) in [5.41, 5.74) is 0. The first-order chi connectivity index (χ1) is 5.70. The third-order valence-electron chi connectivity index (χ3n) is 1.21. The Morgan fingerprint density at radius 3 is 2.50 bits per heavy atom. The van der Waals surface area contributed by atoms with Gasteiger partial charge in [-0.3, -0.25) is 9.59 Å². The number of hydrogen-bond acceptors (Lipinski definition) is 3. The molecule has 0 rings (SSSR count). The van der Waals surface area contributed by atoms with Gasteiger partial charge in [-0.2, -0.15) is 0 Å². The maximum atomic E-state index is 10.8. The molecule has 0 aromatic carbocycles. The van der Waals surface area contributed by atoms with E-state index in [9.17, 15) is 9.59 Å². The van der Waals surface area contributed by atoms with Crippen LogP contribution in [-0.2, 0) is 14.3 Å². The predicted octanol–water partition coefficient (Wildman–Crippen LogP) is 0.466. The van der Waals surface area contributed by atoms with Crippen molar-refractivity contribution in [3.05, 3.63) is 0 Å². The van der Waals surface area contributed by atoms with Gasteiger partial charge in [0.25, 0.3) is 0 Å². The first kappa shape index (κ1) is 10.9. The van der Waals surface area contributed by atoms with Crippen LogP contribution < -0.4 is 5.32 Å². The first-order valence-electron chi connectivity index (χ1n) is 4.13. The van der Waals surface area contributed by atoms with Gasteiger partial charge in [-0.05, 0) is 13.3 Å². The Morgan fingerprint density at radius 1 is 1.33 bits per heavy atom. The van der Waals surface area contributed by atoms with Crippen molar-refractivity contribution in [2.75, 3.05) is 13.2 Å². The van der Waals surface area contributed by atoms with Crippen LogP contribution in [-0.4, -0.2) is 25.0 Å². The Bertz CT molecular complexity index is 138. The summed E-state index contributed by atoms with van der Waals surface area (Å²) in [7, 11) is 0. The highest BCUT2D eigenvalue weighted by Gasteiger charge is 2.03. The van der Waals surface area contributed by atoms with Gasteiger partial charge >= 0.3 is 5.97 Å². The molecule has 4 heteroatoms. The maximum Gasteiger partial charge on any atom is 0.325 e. The molecule has 0 aliphatic carbocycles. The Balaban J connectivity index is 3.40. The molecule has 0 saturated heterocycles. The smallest absolute Gasteiger partial charge is 0.325 e. The average molecular weight is 173 g/mol. The molecule has 0 unspecified atom stereocenters. The molecule has 0 aliphatic rings. The summed E-state index contributed by atoms with van der Waals surface area (Å²) in [6.07, 6.45) is 1.24. The number of ether oxygens (including phenoxy) is 1. The second-order valence-corrected chi connectivity index (χ2v) is 2.33. The number of esters is 1. The second kappa shape index (κ2) is 6.64. The summed E-state index contributed by atoms with van der Waals surface area (Å²) in [5.74, 6) is -0.493. The standard InChI is InChI=1S/C8H15NO3/c1-3-5-7(10)9-6-8(11)12-4-2/h3-6H2,1-2H3,(H,9,10). The fraction of sp³-hybridized carbons (Fsp3) is 0.750. The molecule has 0 aromatic heterocycles. The molecule has 1 N–H and O–H groups in total. The third-order valence-corrected chi connectivity index (χ3v) is 1.21. The Morgan fingerprint density at radius 2 is 2.00 bits per heavy atom. The van der Waals surface area contributed by atoms with Crippen molar-refractivity contribution in [1.29, 1.82) is 0 Å². The van der Waals surface area contributed by atoms with E-state index < -0.39 is 0 Å². The molecule has 0 fully saturated rings. The van der Waals surface area contributed by atoms with Crippen molar-refractivity contribution in [3.8, 4) is 0 Å². The summed E-state index contributed by atoms with van der Waals surface area (Å²) < 4.78 is 4.62. The highest BCUT2D eigenvalue weighted by molar-refractivity contribution is 5.81. The van der Waals surface area contributed by atoms with Gasteiger partial charge in [-0.15, -0.1) is 0 Å². The predicted molar refractivity (Wildman–Crippen MR) is 44.6 cm³/mol. The Hall–Kier alpha value is -1.06. The van der Waals surface area contributed by atoms with Crippen LogP contribution in [0.15, 0.2) is 0 Å². The normalized spacial score (nSPS) is 9.17. The first-order valence-corrected chi connectivity index (χ1v) is 4.13. The lowest BCUT2D eigenvalue weighted by Gasteiger charge is -2.03. The fourth-order valence-corrected chi connectivity index (χ4v) is 0.698. The molecule has 4 nitrogen and oxygen atoms in total. The quantitative estimate of drug-likeness (QED) is 0.615. The lowest BCUT2D eigenvalue weighted by Crippen LogP contribution is -2.30. The van der Waals surface area contributed by atoms with Crippen molar-refractivity contribution < 1.29 is 14.3 Å². The van der Waals surface area contributed by atoms with E-state index in [4.69, 9.17) is 0 Å². The van der Waals surface area contributed by atoms with Crippen LogP contribution in [0.25, 0.3) is 0 Å². The zero-order chi connectivity index (χ0) is 9.40. The minimum Gasteiger partial charge on any atom is -0.465 e. The zero-order valence-corrected chi connectivity index (χ0v) is 7.55. The lowest BCUT2D eigenvalue weighted by atomic mass is 10.3. The van der Waals surface area contributed by atoms with Gasteiger partial charge in [0.15, 0.2) is 0 Å². The Kier molecular flexibility index (Phi) is 6.05. The topological polar surface area (TPSA) is 55.4 Å². The van der Waals surface area contributed by atoms with Crippen LogP contribution in [0.3, 0.4) is 0 Å². The lowest BCUT2D eigenvalue weighted by molar-refractivity contribution is -0.143. The molecule has 0 atom stereocenters. The number of rotatable bonds is 5. The number of hydrogen-bond donors (Lipinski definition) is 1. The molecule has 0 bridgehead atoms. The van der Waals surface area contributed by atoms with Crippen LogP contribution in [0, 0.1) is 0 Å². The number of carbonyl (C=O) groups excluding carboxylic acids is 2. The largest absolute Gasteiger partial charge is 0.465 e. The van der Waals surface area contributed by atoms with E-state index in [-0.39, 0.29) is 18.4 Å². The SMILES string of the molecule is CCCC(=O)NCC(=O)OCC. The molecule has 1 amide bonds. The van der Waals surface area contributed by atoms with Crippen LogP contribution >= 0.6 is 0 Å². The van der Waals surface area contributed by atoms with E-state index in [0.717, 1.165) is 6.42 Å². The van der Waals surface area contributed by atoms with Crippen molar-refractivity contribution in [1.82, 2.24) is 5.32 Å². The molecule has 12 heavy (non-hydrogen) atoms. The maximum absolute atomic E-state index is 10.8. The van der Waals surface area contributed by atoms with Gasteiger partial charge in [0.1, 0.15) is 6.54 Å². The van der Waals surface area contributed by atoms with Crippen LogP contribution in [0.5, 0.6) is 0 Å². The van der Waals surface area contributed by atoms with E-state index in [0.29, 0.717) is 13.0 Å². The van der Waals surface area contributed by atoms with Gasteiger partial charge in [-0.25, -0.2) is 0 Å². The average Bonchev–Trinajstić information content (AvgIpc) is 2.02. The van der Waals surface area contributed by atoms with E-state index >= 15 is 0 Å². The van der Waals surface area contributed by atoms with Crippen molar-refractivity contribution in [2.24, 2.45) is 0 Å². The molecular weight excluding hydrogens is 158 g/mol. The number of nitrogens with one attached hydrogen (secondary N) is 1. The van der Waals surface area contributed by atoms with Gasteiger partial charge in [0.2, 0.25) is 5.91 Å². The molecular formula is C8H15NO3. The van der Waals surface area contributed by atoms with E-state index in [1.165, 1.54) is 0 Å². The van der Waals surface area contributed by atoms with Gasteiger partial charge in [0.05, 0.1) is 6.61 Å². The molecule has 0 radical (unpaired) electrons. The van der Waals surface area contributed by atoms with Gasteiger partial charge in [-0.1, -0.05) is 6.92 Å². The number of carbonyl (C=O) groups is 2. The highest BCUT2D eigenvalue weighted by Crippen LogP contribution is 1.85. The summed E-state index contributed by atoms with van der Waals surface area (Å²) >= 11 is 0. The van der Waals surface area contributed by atoms with Crippen molar-refractivity contribution >= 4 is 11.9 Å². The highest BCUT2D eigenvalue weighted by atomic mass is 16.5. The molecule has 0 aliphatic heterocycles. The zero-order valence-electron chi connectivity index (χ0n) is 7.55. The molecule has 0 spiro atoms. The van der Waals surface area contributed by atoms with E-state index in [1.54, 1.807) is 6.92 Å². The van der Waals surface area contributed by atoms with E-state index in [1.807, 2.05) is 6.92 Å². The van der Waals surface area contributed by atoms with Crippen LogP contribution in [0.1, 0.15) is 26.7 Å². The van der Waals surface area contributed by atoms with Crippen LogP contribution in [0.4, 0.5) is 0 Å². The minimum atomic E-state index is -0.387.